The van der Waals surface area contributed by atoms with Crippen molar-refractivity contribution in [1.82, 2.24) is 20.4 Å². The van der Waals surface area contributed by atoms with Crippen LogP contribution < -0.4 is 22.1 Å². The molecule has 6 N–H and O–H groups in total. The number of amides is 1. The number of hydrogen-bond donors (Lipinski definition) is 4. The number of unbranched alkanes of at least 4 members (excludes halogenated alkanes) is 4. The van der Waals surface area contributed by atoms with Crippen molar-refractivity contribution in [3.63, 3.8) is 0 Å². The Labute approximate surface area is 285 Å². The van der Waals surface area contributed by atoms with Crippen LogP contribution in [0, 0.1) is 22.7 Å². The molecule has 0 radical (unpaired) electrons. The predicted molar refractivity (Wildman–Crippen MR) is 190 cm³/mol. The van der Waals surface area contributed by atoms with Crippen molar-refractivity contribution in [2.24, 2.45) is 34.1 Å². The van der Waals surface area contributed by atoms with Gasteiger partial charge in [-0.15, -0.1) is 0 Å². The molecule has 2 saturated heterocycles. The molecule has 47 heavy (non-hydrogen) atoms. The van der Waals surface area contributed by atoms with E-state index >= 15 is 4.39 Å². The topological polar surface area (TPSA) is 134 Å². The van der Waals surface area contributed by atoms with Gasteiger partial charge in [0.2, 0.25) is 5.91 Å². The molecule has 3 heterocycles. The van der Waals surface area contributed by atoms with E-state index in [-0.39, 0.29) is 58.9 Å². The Morgan fingerprint density at radius 3 is 2.45 bits per heavy atom. The molecule has 1 saturated carbocycles. The largest absolute Gasteiger partial charge is 0.350 e. The normalized spacial score (nSPS) is 33.5. The highest BCUT2D eigenvalue weighted by atomic mass is 32.2. The van der Waals surface area contributed by atoms with E-state index in [1.807, 2.05) is 18.0 Å². The van der Waals surface area contributed by atoms with Gasteiger partial charge in [-0.3, -0.25) is 14.6 Å². The van der Waals surface area contributed by atoms with Crippen LogP contribution in [0.2, 0.25) is 0 Å². The Kier molecular flexibility index (Phi) is 13.8. The lowest BCUT2D eigenvalue weighted by Gasteiger charge is -2.47. The van der Waals surface area contributed by atoms with Gasteiger partial charge < -0.3 is 22.1 Å². The second kappa shape index (κ2) is 16.7. The van der Waals surface area contributed by atoms with Gasteiger partial charge in [0.1, 0.15) is 15.7 Å². The lowest BCUT2D eigenvalue weighted by molar-refractivity contribution is -0.130. The SMILES string of the molecule is CCCCCCCC1CC(N2CCC(CS(C)(=O)=O)CC2)C(NC(=O)C(C(N)N)C2CC3(CCC)CC3(CC)C=C(F)CN2C)CN1. The van der Waals surface area contributed by atoms with Crippen molar-refractivity contribution in [2.75, 3.05) is 45.2 Å². The number of sulfone groups is 1. The zero-order valence-electron chi connectivity index (χ0n) is 30.1. The van der Waals surface area contributed by atoms with Crippen molar-refractivity contribution in [3.8, 4) is 0 Å². The maximum absolute atomic E-state index is 15.4. The molecule has 4 aliphatic rings. The lowest BCUT2D eigenvalue weighted by atomic mass is 9.76. The molecule has 9 nitrogen and oxygen atoms in total. The summed E-state index contributed by atoms with van der Waals surface area (Å²) in [5.74, 6) is -0.515. The number of nitrogens with one attached hydrogen (secondary N) is 2. The van der Waals surface area contributed by atoms with E-state index in [0.717, 1.165) is 70.9 Å². The molecule has 0 aromatic rings. The van der Waals surface area contributed by atoms with Gasteiger partial charge in [0, 0.05) is 37.5 Å². The monoisotopic (exact) mass is 682 g/mol. The second-order valence-electron chi connectivity index (χ2n) is 15.9. The average molecular weight is 683 g/mol. The van der Waals surface area contributed by atoms with Gasteiger partial charge >= 0.3 is 0 Å². The quantitative estimate of drug-likeness (QED) is 0.140. The van der Waals surface area contributed by atoms with Crippen molar-refractivity contribution in [3.05, 3.63) is 11.9 Å². The van der Waals surface area contributed by atoms with Crippen LogP contribution in [0.4, 0.5) is 4.39 Å². The molecule has 0 aromatic carbocycles. The minimum Gasteiger partial charge on any atom is -0.350 e. The second-order valence-corrected chi connectivity index (χ2v) is 18.1. The Balaban J connectivity index is 1.51. The average Bonchev–Trinajstić information content (AvgIpc) is 3.60. The van der Waals surface area contributed by atoms with Gasteiger partial charge in [-0.2, -0.15) is 0 Å². The Morgan fingerprint density at radius 2 is 1.83 bits per heavy atom. The number of carbonyl (C=O) groups excluding carboxylic acids is 1. The van der Waals surface area contributed by atoms with E-state index in [1.165, 1.54) is 38.4 Å². The first kappa shape index (κ1) is 38.7. The van der Waals surface area contributed by atoms with Crippen molar-refractivity contribution in [1.29, 1.82) is 0 Å². The molecule has 1 amide bonds. The number of carbonyl (C=O) groups is 1. The molecule has 7 atom stereocenters. The number of likely N-dealkylation sites (tertiary alicyclic amines) is 1. The van der Waals surface area contributed by atoms with Crippen molar-refractivity contribution >= 4 is 15.7 Å². The Hall–Kier alpha value is -1.11. The number of hydrogen-bond acceptors (Lipinski definition) is 8. The van der Waals surface area contributed by atoms with Crippen LogP contribution in [0.3, 0.4) is 0 Å². The fourth-order valence-corrected chi connectivity index (χ4v) is 10.9. The van der Waals surface area contributed by atoms with E-state index in [1.54, 1.807) is 0 Å². The predicted octanol–water partition coefficient (Wildman–Crippen LogP) is 4.32. The van der Waals surface area contributed by atoms with Gasteiger partial charge in [-0.25, -0.2) is 12.8 Å². The fraction of sp³-hybridized carbons (Fsp3) is 0.917. The maximum Gasteiger partial charge on any atom is 0.227 e. The molecule has 0 aromatic heterocycles. The van der Waals surface area contributed by atoms with Crippen LogP contribution in [-0.2, 0) is 14.6 Å². The van der Waals surface area contributed by atoms with E-state index in [2.05, 4.69) is 36.3 Å². The van der Waals surface area contributed by atoms with E-state index in [4.69, 9.17) is 11.5 Å². The third-order valence-corrected chi connectivity index (χ3v) is 13.4. The van der Waals surface area contributed by atoms with Gasteiger partial charge in [-0.1, -0.05) is 59.3 Å². The number of allylic oxidation sites excluding steroid dienone is 1. The van der Waals surface area contributed by atoms with Crippen molar-refractivity contribution < 1.29 is 17.6 Å². The molecule has 3 fully saturated rings. The number of nitrogens with two attached hydrogens (primary N) is 2. The van der Waals surface area contributed by atoms with Gasteiger partial charge in [-0.05, 0) is 94.3 Å². The van der Waals surface area contributed by atoms with Gasteiger partial charge in [0.25, 0.3) is 0 Å². The molecule has 3 aliphatic heterocycles. The summed E-state index contributed by atoms with van der Waals surface area (Å²) >= 11 is 0. The van der Waals surface area contributed by atoms with Gasteiger partial charge in [0.15, 0.2) is 0 Å². The number of nitrogens with zero attached hydrogens (tertiary/aromatic N) is 2. The molecule has 1 aliphatic carbocycles. The first-order valence-electron chi connectivity index (χ1n) is 18.8. The summed E-state index contributed by atoms with van der Waals surface area (Å²) in [6, 6.07) is 0.135. The Morgan fingerprint density at radius 1 is 1.13 bits per heavy atom. The summed E-state index contributed by atoms with van der Waals surface area (Å²) in [5, 5.41) is 7.18. The van der Waals surface area contributed by atoms with Crippen LogP contribution >= 0.6 is 0 Å². The summed E-state index contributed by atoms with van der Waals surface area (Å²) in [6.45, 7) is 9.05. The number of likely N-dealkylation sites (N-methyl/N-ethyl adjacent to an activating group) is 1. The molecule has 11 heteroatoms. The highest BCUT2D eigenvalue weighted by Crippen LogP contribution is 2.72. The van der Waals surface area contributed by atoms with E-state index < -0.39 is 21.9 Å². The maximum atomic E-state index is 15.4. The minimum absolute atomic E-state index is 0.0454. The number of halogens is 1. The molecule has 0 bridgehead atoms. The van der Waals surface area contributed by atoms with E-state index in [0.29, 0.717) is 12.6 Å². The summed E-state index contributed by atoms with van der Waals surface area (Å²) in [5.41, 5.74) is 12.7. The number of rotatable bonds is 16. The van der Waals surface area contributed by atoms with Crippen LogP contribution in [0.25, 0.3) is 0 Å². The van der Waals surface area contributed by atoms with Crippen LogP contribution in [-0.4, -0.2) is 99.7 Å². The molecule has 272 valence electrons. The third-order valence-electron chi connectivity index (χ3n) is 12.3. The Bertz CT molecular complexity index is 1160. The molecule has 7 unspecified atom stereocenters. The smallest absolute Gasteiger partial charge is 0.227 e. The molecule has 4 rings (SSSR count). The summed E-state index contributed by atoms with van der Waals surface area (Å²) < 4.78 is 39.4. The molecule has 0 spiro atoms. The third kappa shape index (κ3) is 9.78. The standard InChI is InChI=1S/C36H67FN6O3S/c1-6-9-10-11-12-13-28-19-30(43-17-14-26(15-18-43)24-47(5,45)46)29(22-40-28)41-34(44)32(33(38)39)31-21-36(16-7-2)25-35(36,8-3)20-27(37)23-42(31)4/h20,26,28-33,40H,6-19,21-25,38-39H2,1-5H3,(H,41,44). The molecular weight excluding hydrogens is 616 g/mol. The first-order chi connectivity index (χ1) is 22.3. The summed E-state index contributed by atoms with van der Waals surface area (Å²) in [7, 11) is -1.11. The fourth-order valence-electron chi connectivity index (χ4n) is 9.72. The zero-order chi connectivity index (χ0) is 34.4. The summed E-state index contributed by atoms with van der Waals surface area (Å²) in [4.78, 5) is 18.8. The summed E-state index contributed by atoms with van der Waals surface area (Å²) in [6.07, 6.45) is 16.9. The number of fused-ring (bicyclic) bond motifs is 1. The number of piperidine rings is 2. The van der Waals surface area contributed by atoms with Gasteiger partial charge in [0.05, 0.1) is 23.9 Å². The van der Waals surface area contributed by atoms with Crippen molar-refractivity contribution in [2.45, 2.75) is 141 Å². The highest BCUT2D eigenvalue weighted by molar-refractivity contribution is 7.90. The lowest BCUT2D eigenvalue weighted by Crippen LogP contribution is -2.66. The first-order valence-corrected chi connectivity index (χ1v) is 20.9. The minimum atomic E-state index is -3.01. The molecular formula is C36H67FN6O3S. The van der Waals surface area contributed by atoms with Crippen LogP contribution in [0.15, 0.2) is 11.9 Å². The van der Waals surface area contributed by atoms with E-state index in [9.17, 15) is 13.2 Å². The highest BCUT2D eigenvalue weighted by Gasteiger charge is 2.65. The zero-order valence-corrected chi connectivity index (χ0v) is 30.9. The van der Waals surface area contributed by atoms with Crippen LogP contribution in [0.1, 0.15) is 111 Å². The van der Waals surface area contributed by atoms with Crippen LogP contribution in [0.5, 0.6) is 0 Å².